The normalized spacial score (nSPS) is 13.4. The van der Waals surface area contributed by atoms with Crippen molar-refractivity contribution in [2.75, 3.05) is 0 Å². The summed E-state index contributed by atoms with van der Waals surface area (Å²) in [4.78, 5) is 0. The van der Waals surface area contributed by atoms with E-state index in [2.05, 4.69) is 62.4 Å². The molecule has 0 saturated heterocycles. The van der Waals surface area contributed by atoms with Crippen LogP contribution in [0.4, 0.5) is 0 Å². The van der Waals surface area contributed by atoms with E-state index in [1.807, 2.05) is 0 Å². The molecule has 0 unspecified atom stereocenters. The Morgan fingerprint density at radius 2 is 1.50 bits per heavy atom. The molecule has 0 bridgehead atoms. The first-order chi connectivity index (χ1) is 11.8. The van der Waals surface area contributed by atoms with Crippen LogP contribution in [0.15, 0.2) is 48.5 Å². The number of hydrogen-bond acceptors (Lipinski definition) is 0. The average Bonchev–Trinajstić information content (AvgIpc) is 2.97. The fourth-order valence-corrected chi connectivity index (χ4v) is 3.83. The van der Waals surface area contributed by atoms with Crippen molar-refractivity contribution in [3.8, 4) is 0 Å². The van der Waals surface area contributed by atoms with E-state index in [1.54, 1.807) is 11.1 Å². The molecule has 1 aliphatic rings. The first-order valence-electron chi connectivity index (χ1n) is 9.67. The van der Waals surface area contributed by atoms with Crippen molar-refractivity contribution in [3.63, 3.8) is 0 Å². The van der Waals surface area contributed by atoms with E-state index in [0.717, 1.165) is 6.42 Å². The fourth-order valence-electron chi connectivity index (χ4n) is 3.83. The van der Waals surface area contributed by atoms with Crippen LogP contribution < -0.4 is 0 Å². The van der Waals surface area contributed by atoms with Crippen LogP contribution in [0, 0.1) is 6.92 Å². The molecular formula is C24H30. The van der Waals surface area contributed by atoms with E-state index in [9.17, 15) is 0 Å². The number of aryl methyl sites for hydroxylation is 1. The minimum absolute atomic E-state index is 1.10. The summed E-state index contributed by atoms with van der Waals surface area (Å²) in [6.45, 7) is 4.45. The summed E-state index contributed by atoms with van der Waals surface area (Å²) in [6, 6.07) is 18.1. The van der Waals surface area contributed by atoms with Crippen molar-refractivity contribution in [1.82, 2.24) is 0 Å². The van der Waals surface area contributed by atoms with Crippen molar-refractivity contribution in [1.29, 1.82) is 0 Å². The van der Waals surface area contributed by atoms with Crippen LogP contribution >= 0.6 is 0 Å². The monoisotopic (exact) mass is 318 g/mol. The van der Waals surface area contributed by atoms with E-state index in [1.165, 1.54) is 67.2 Å². The first-order valence-corrected chi connectivity index (χ1v) is 9.67. The van der Waals surface area contributed by atoms with Gasteiger partial charge in [0.1, 0.15) is 0 Å². The van der Waals surface area contributed by atoms with E-state index in [0.29, 0.717) is 0 Å². The van der Waals surface area contributed by atoms with E-state index >= 15 is 0 Å². The van der Waals surface area contributed by atoms with Crippen LogP contribution in [0.3, 0.4) is 0 Å². The lowest BCUT2D eigenvalue weighted by Gasteiger charge is -2.10. The van der Waals surface area contributed by atoms with Gasteiger partial charge in [-0.25, -0.2) is 0 Å². The Balaban J connectivity index is 1.76. The third kappa shape index (κ3) is 3.98. The summed E-state index contributed by atoms with van der Waals surface area (Å²) in [7, 11) is 0. The maximum Gasteiger partial charge on any atom is -0.00108 e. The standard InChI is InChI=1S/C24H30/c1-3-4-5-6-7-8-13-23-22-12-10-9-11-21(22)18-24(23)20-16-14-19(2)15-17-20/h9-12,14-17H,3-8,13,18H2,1-2H3. The van der Waals surface area contributed by atoms with Crippen molar-refractivity contribution in [2.45, 2.75) is 65.2 Å². The summed E-state index contributed by atoms with van der Waals surface area (Å²) < 4.78 is 0. The lowest BCUT2D eigenvalue weighted by molar-refractivity contribution is 0.613. The molecule has 126 valence electrons. The minimum atomic E-state index is 1.10. The molecule has 0 nitrogen and oxygen atoms in total. The molecule has 2 aromatic carbocycles. The second-order valence-electron chi connectivity index (χ2n) is 7.17. The first kappa shape index (κ1) is 17.0. The molecule has 24 heavy (non-hydrogen) atoms. The second kappa shape index (κ2) is 8.33. The van der Waals surface area contributed by atoms with Crippen LogP contribution in [-0.2, 0) is 6.42 Å². The Labute approximate surface area is 147 Å². The number of allylic oxidation sites excluding steroid dienone is 2. The molecule has 0 heteroatoms. The van der Waals surface area contributed by atoms with Crippen LogP contribution in [0.25, 0.3) is 11.1 Å². The van der Waals surface area contributed by atoms with Crippen molar-refractivity contribution < 1.29 is 0 Å². The van der Waals surface area contributed by atoms with Gasteiger partial charge in [-0.1, -0.05) is 93.1 Å². The van der Waals surface area contributed by atoms with Gasteiger partial charge < -0.3 is 0 Å². The molecule has 0 N–H and O–H groups in total. The predicted molar refractivity (Wildman–Crippen MR) is 106 cm³/mol. The number of benzene rings is 2. The highest BCUT2D eigenvalue weighted by atomic mass is 14.3. The Morgan fingerprint density at radius 1 is 0.792 bits per heavy atom. The highest BCUT2D eigenvalue weighted by molar-refractivity contribution is 5.97. The highest BCUT2D eigenvalue weighted by Crippen LogP contribution is 2.41. The van der Waals surface area contributed by atoms with E-state index in [-0.39, 0.29) is 0 Å². The van der Waals surface area contributed by atoms with E-state index < -0.39 is 0 Å². The number of rotatable bonds is 8. The molecule has 1 aliphatic carbocycles. The Bertz CT molecular complexity index is 688. The van der Waals surface area contributed by atoms with Gasteiger partial charge in [0.25, 0.3) is 0 Å². The molecule has 0 radical (unpaired) electrons. The lowest BCUT2D eigenvalue weighted by Crippen LogP contribution is -1.88. The second-order valence-corrected chi connectivity index (χ2v) is 7.17. The van der Waals surface area contributed by atoms with Gasteiger partial charge in [0, 0.05) is 0 Å². The quantitative estimate of drug-likeness (QED) is 0.451. The molecule has 0 atom stereocenters. The fraction of sp³-hybridized carbons (Fsp3) is 0.417. The van der Waals surface area contributed by atoms with Gasteiger partial charge in [-0.2, -0.15) is 0 Å². The van der Waals surface area contributed by atoms with Gasteiger partial charge in [0.15, 0.2) is 0 Å². The van der Waals surface area contributed by atoms with Gasteiger partial charge in [0.2, 0.25) is 0 Å². The summed E-state index contributed by atoms with van der Waals surface area (Å²) >= 11 is 0. The third-order valence-electron chi connectivity index (χ3n) is 5.25. The summed E-state index contributed by atoms with van der Waals surface area (Å²) in [5.41, 5.74) is 8.93. The zero-order valence-electron chi connectivity index (χ0n) is 15.3. The maximum atomic E-state index is 2.32. The molecule has 0 heterocycles. The average molecular weight is 319 g/mol. The zero-order chi connectivity index (χ0) is 16.8. The van der Waals surface area contributed by atoms with Crippen molar-refractivity contribution >= 4 is 11.1 Å². The third-order valence-corrected chi connectivity index (χ3v) is 5.25. The molecule has 0 fully saturated rings. The largest absolute Gasteiger partial charge is 0.0654 e. The summed E-state index contributed by atoms with van der Waals surface area (Å²) in [5, 5.41) is 0. The van der Waals surface area contributed by atoms with Crippen LogP contribution in [0.2, 0.25) is 0 Å². The minimum Gasteiger partial charge on any atom is -0.0654 e. The highest BCUT2D eigenvalue weighted by Gasteiger charge is 2.21. The number of hydrogen-bond donors (Lipinski definition) is 0. The molecule has 0 amide bonds. The zero-order valence-corrected chi connectivity index (χ0v) is 15.3. The molecular weight excluding hydrogens is 288 g/mol. The maximum absolute atomic E-state index is 2.32. The molecule has 0 aliphatic heterocycles. The SMILES string of the molecule is CCCCCCCCC1=C(c2ccc(C)cc2)Cc2ccccc21. The Kier molecular flexibility index (Phi) is 5.91. The van der Waals surface area contributed by atoms with Gasteiger partial charge in [0.05, 0.1) is 0 Å². The van der Waals surface area contributed by atoms with Crippen LogP contribution in [0.1, 0.15) is 74.1 Å². The smallest absolute Gasteiger partial charge is 0.00108 e. The van der Waals surface area contributed by atoms with Crippen LogP contribution in [0.5, 0.6) is 0 Å². The Morgan fingerprint density at radius 3 is 2.29 bits per heavy atom. The van der Waals surface area contributed by atoms with Gasteiger partial charge in [-0.3, -0.25) is 0 Å². The molecule has 0 spiro atoms. The van der Waals surface area contributed by atoms with Crippen molar-refractivity contribution in [2.24, 2.45) is 0 Å². The van der Waals surface area contributed by atoms with E-state index in [4.69, 9.17) is 0 Å². The predicted octanol–water partition coefficient (Wildman–Crippen LogP) is 7.21. The lowest BCUT2D eigenvalue weighted by atomic mass is 9.95. The topological polar surface area (TPSA) is 0 Å². The molecule has 2 aromatic rings. The van der Waals surface area contributed by atoms with Crippen molar-refractivity contribution in [3.05, 3.63) is 70.8 Å². The Hall–Kier alpha value is -1.82. The molecule has 0 saturated carbocycles. The molecule has 3 rings (SSSR count). The summed E-state index contributed by atoms with van der Waals surface area (Å²) in [5.74, 6) is 0. The summed E-state index contributed by atoms with van der Waals surface area (Å²) in [6.07, 6.45) is 10.5. The van der Waals surface area contributed by atoms with Gasteiger partial charge in [-0.05, 0) is 54.0 Å². The van der Waals surface area contributed by atoms with Crippen LogP contribution in [-0.4, -0.2) is 0 Å². The molecule has 0 aromatic heterocycles. The van der Waals surface area contributed by atoms with Gasteiger partial charge >= 0.3 is 0 Å². The number of fused-ring (bicyclic) bond motifs is 1. The van der Waals surface area contributed by atoms with Gasteiger partial charge in [-0.15, -0.1) is 0 Å². The number of unbranched alkanes of at least 4 members (excludes halogenated alkanes) is 5.